The molecule has 0 heterocycles. The second kappa shape index (κ2) is 58.9. The summed E-state index contributed by atoms with van der Waals surface area (Å²) in [6.07, 6.45) is 71.7. The SMILES string of the molecule is CCCCC/C=C\C/C=C\CCCCCCCCCC(=O)OCCCCCCCCCCCCCCC(=O)NC(CO)C(O)CCCCCCCCCCCCCCCCCCCCCCCCC. The van der Waals surface area contributed by atoms with Gasteiger partial charge in [-0.1, -0.05) is 295 Å². The van der Waals surface area contributed by atoms with Crippen molar-refractivity contribution in [2.24, 2.45) is 0 Å². The Bertz CT molecular complexity index is 1080. The zero-order chi connectivity index (χ0) is 50.0. The summed E-state index contributed by atoms with van der Waals surface area (Å²) in [4.78, 5) is 24.6. The van der Waals surface area contributed by atoms with Crippen LogP contribution < -0.4 is 5.32 Å². The molecular weight excluding hydrogens is 851 g/mol. The fraction of sp³-hybridized carbons (Fsp3) is 0.905. The Morgan fingerprint density at radius 1 is 0.406 bits per heavy atom. The average Bonchev–Trinajstić information content (AvgIpc) is 3.35. The highest BCUT2D eigenvalue weighted by Crippen LogP contribution is 2.18. The molecule has 69 heavy (non-hydrogen) atoms. The van der Waals surface area contributed by atoms with Crippen LogP contribution in [0.15, 0.2) is 24.3 Å². The zero-order valence-corrected chi connectivity index (χ0v) is 46.6. The Labute approximate surface area is 431 Å². The lowest BCUT2D eigenvalue weighted by atomic mass is 10.0. The van der Waals surface area contributed by atoms with E-state index < -0.39 is 12.1 Å². The van der Waals surface area contributed by atoms with Gasteiger partial charge >= 0.3 is 5.97 Å². The number of ether oxygens (including phenoxy) is 1. The summed E-state index contributed by atoms with van der Waals surface area (Å²) < 4.78 is 5.48. The molecule has 0 radical (unpaired) electrons. The highest BCUT2D eigenvalue weighted by Gasteiger charge is 2.20. The van der Waals surface area contributed by atoms with Gasteiger partial charge in [0.05, 0.1) is 25.4 Å². The molecule has 2 atom stereocenters. The maximum absolute atomic E-state index is 12.5. The van der Waals surface area contributed by atoms with Crippen molar-refractivity contribution in [1.82, 2.24) is 5.32 Å². The number of allylic oxidation sites excluding steroid dienone is 4. The first-order valence-corrected chi connectivity index (χ1v) is 31.1. The van der Waals surface area contributed by atoms with Gasteiger partial charge in [0.25, 0.3) is 0 Å². The van der Waals surface area contributed by atoms with Crippen LogP contribution in [0, 0.1) is 0 Å². The van der Waals surface area contributed by atoms with E-state index in [1.807, 2.05) is 0 Å². The van der Waals surface area contributed by atoms with Gasteiger partial charge in [-0.2, -0.15) is 0 Å². The van der Waals surface area contributed by atoms with Gasteiger partial charge < -0.3 is 20.3 Å². The van der Waals surface area contributed by atoms with E-state index in [4.69, 9.17) is 4.74 Å². The first-order valence-electron chi connectivity index (χ1n) is 31.1. The average molecular weight is 973 g/mol. The number of carbonyl (C=O) groups excluding carboxylic acids is 2. The van der Waals surface area contributed by atoms with Gasteiger partial charge in [-0.05, 0) is 57.8 Å². The van der Waals surface area contributed by atoms with Crippen molar-refractivity contribution in [1.29, 1.82) is 0 Å². The van der Waals surface area contributed by atoms with Crippen molar-refractivity contribution in [3.05, 3.63) is 24.3 Å². The van der Waals surface area contributed by atoms with Gasteiger partial charge in [-0.25, -0.2) is 0 Å². The van der Waals surface area contributed by atoms with Gasteiger partial charge in [0, 0.05) is 12.8 Å². The van der Waals surface area contributed by atoms with E-state index in [2.05, 4.69) is 43.5 Å². The molecule has 0 bridgehead atoms. The first kappa shape index (κ1) is 67.3. The normalized spacial score (nSPS) is 12.7. The number of amides is 1. The van der Waals surface area contributed by atoms with Gasteiger partial charge in [0.15, 0.2) is 0 Å². The minimum absolute atomic E-state index is 0.0158. The number of esters is 1. The van der Waals surface area contributed by atoms with Crippen LogP contribution in [-0.2, 0) is 14.3 Å². The topological polar surface area (TPSA) is 95.9 Å². The molecule has 0 saturated heterocycles. The maximum atomic E-state index is 12.5. The number of unbranched alkanes of at least 4 members (excludes halogenated alkanes) is 43. The van der Waals surface area contributed by atoms with Crippen molar-refractivity contribution in [3.63, 3.8) is 0 Å². The highest BCUT2D eigenvalue weighted by molar-refractivity contribution is 5.76. The van der Waals surface area contributed by atoms with Crippen LogP contribution >= 0.6 is 0 Å². The molecule has 3 N–H and O–H groups in total. The predicted molar refractivity (Wildman–Crippen MR) is 301 cm³/mol. The lowest BCUT2D eigenvalue weighted by Crippen LogP contribution is -2.45. The standard InChI is InChI=1S/C63H121NO5/c1-3-5-7-9-11-13-15-17-19-21-22-23-24-25-26-28-29-31-35-39-43-47-51-55-61(66)60(59-65)64-62(67)56-52-48-44-40-36-33-34-38-42-46-50-54-58-69-63(68)57-53-49-45-41-37-32-30-27-20-18-16-14-12-10-8-6-4-2/h12,14,18,20,60-61,65-66H,3-11,13,15-17,19,21-59H2,1-2H3,(H,64,67)/b14-12-,20-18-. The molecule has 2 unspecified atom stereocenters. The van der Waals surface area contributed by atoms with Crippen LogP contribution in [0.2, 0.25) is 0 Å². The molecule has 6 heteroatoms. The molecule has 0 saturated carbocycles. The number of nitrogens with one attached hydrogen (secondary N) is 1. The van der Waals surface area contributed by atoms with Crippen molar-refractivity contribution < 1.29 is 24.5 Å². The summed E-state index contributed by atoms with van der Waals surface area (Å²) in [7, 11) is 0. The van der Waals surface area contributed by atoms with E-state index in [1.54, 1.807) is 0 Å². The molecule has 0 aromatic rings. The van der Waals surface area contributed by atoms with E-state index in [1.165, 1.54) is 244 Å². The molecule has 0 spiro atoms. The van der Waals surface area contributed by atoms with Crippen molar-refractivity contribution in [2.45, 2.75) is 353 Å². The monoisotopic (exact) mass is 972 g/mol. The Kier molecular flexibility index (Phi) is 57.5. The number of rotatable bonds is 58. The molecular formula is C63H121NO5. The van der Waals surface area contributed by atoms with E-state index in [9.17, 15) is 19.8 Å². The molecule has 0 aliphatic heterocycles. The van der Waals surface area contributed by atoms with Gasteiger partial charge in [-0.3, -0.25) is 9.59 Å². The fourth-order valence-corrected chi connectivity index (χ4v) is 9.73. The number of aliphatic hydroxyl groups excluding tert-OH is 2. The van der Waals surface area contributed by atoms with Gasteiger partial charge in [0.2, 0.25) is 5.91 Å². The zero-order valence-electron chi connectivity index (χ0n) is 46.6. The first-order chi connectivity index (χ1) is 34.0. The number of hydrogen-bond donors (Lipinski definition) is 3. The fourth-order valence-electron chi connectivity index (χ4n) is 9.73. The van der Waals surface area contributed by atoms with E-state index in [0.717, 1.165) is 64.2 Å². The number of aliphatic hydroxyl groups is 2. The molecule has 0 fully saturated rings. The number of carbonyl (C=O) groups is 2. The van der Waals surface area contributed by atoms with Crippen LogP contribution in [0.5, 0.6) is 0 Å². The summed E-state index contributed by atoms with van der Waals surface area (Å²) in [6.45, 7) is 4.92. The smallest absolute Gasteiger partial charge is 0.305 e. The predicted octanol–water partition coefficient (Wildman–Crippen LogP) is 19.4. The Morgan fingerprint density at radius 3 is 1.13 bits per heavy atom. The van der Waals surface area contributed by atoms with Crippen LogP contribution in [-0.4, -0.2) is 47.4 Å². The van der Waals surface area contributed by atoms with Crippen LogP contribution in [0.4, 0.5) is 0 Å². The minimum atomic E-state index is -0.676. The molecule has 0 aliphatic rings. The summed E-state index contributed by atoms with van der Waals surface area (Å²) in [5, 5.41) is 23.4. The van der Waals surface area contributed by atoms with Crippen LogP contribution in [0.1, 0.15) is 341 Å². The third-order valence-corrected chi connectivity index (χ3v) is 14.5. The molecule has 1 amide bonds. The molecule has 0 aliphatic carbocycles. The lowest BCUT2D eigenvalue weighted by molar-refractivity contribution is -0.143. The van der Waals surface area contributed by atoms with Crippen LogP contribution in [0.25, 0.3) is 0 Å². The molecule has 0 aromatic carbocycles. The van der Waals surface area contributed by atoms with Gasteiger partial charge in [0.1, 0.15) is 0 Å². The Morgan fingerprint density at radius 2 is 0.725 bits per heavy atom. The molecule has 6 nitrogen and oxygen atoms in total. The third kappa shape index (κ3) is 55.5. The van der Waals surface area contributed by atoms with E-state index >= 15 is 0 Å². The Balaban J connectivity index is 3.45. The summed E-state index contributed by atoms with van der Waals surface area (Å²) >= 11 is 0. The third-order valence-electron chi connectivity index (χ3n) is 14.5. The lowest BCUT2D eigenvalue weighted by Gasteiger charge is -2.22. The minimum Gasteiger partial charge on any atom is -0.466 e. The molecule has 408 valence electrons. The summed E-state index contributed by atoms with van der Waals surface area (Å²) in [5.74, 6) is -0.0633. The maximum Gasteiger partial charge on any atom is 0.305 e. The second-order valence-corrected chi connectivity index (χ2v) is 21.4. The highest BCUT2D eigenvalue weighted by atomic mass is 16.5. The Hall–Kier alpha value is -1.66. The largest absolute Gasteiger partial charge is 0.466 e. The quantitative estimate of drug-likeness (QED) is 0.0321. The molecule has 0 rings (SSSR count). The number of hydrogen-bond acceptors (Lipinski definition) is 5. The van der Waals surface area contributed by atoms with Crippen molar-refractivity contribution >= 4 is 11.9 Å². The van der Waals surface area contributed by atoms with Gasteiger partial charge in [-0.15, -0.1) is 0 Å². The van der Waals surface area contributed by atoms with Crippen molar-refractivity contribution in [3.8, 4) is 0 Å². The van der Waals surface area contributed by atoms with E-state index in [-0.39, 0.29) is 18.5 Å². The van der Waals surface area contributed by atoms with E-state index in [0.29, 0.717) is 25.9 Å². The summed E-state index contributed by atoms with van der Waals surface area (Å²) in [6, 6.07) is -0.555. The molecule has 0 aromatic heterocycles. The summed E-state index contributed by atoms with van der Waals surface area (Å²) in [5.41, 5.74) is 0. The van der Waals surface area contributed by atoms with Crippen molar-refractivity contribution in [2.75, 3.05) is 13.2 Å². The second-order valence-electron chi connectivity index (χ2n) is 21.4. The van der Waals surface area contributed by atoms with Crippen LogP contribution in [0.3, 0.4) is 0 Å².